The van der Waals surface area contributed by atoms with Gasteiger partial charge in [0.25, 0.3) is 5.91 Å². The van der Waals surface area contributed by atoms with E-state index in [2.05, 4.69) is 33.1 Å². The molecular weight excluding hydrogens is 384 g/mol. The standard InChI is InChI=1S/C19H23BrN2O3/c20-11-4-1-2-5-12-25-13-6-3-8-16-9-7-10-17(14-16)22-18(23)15-21-19(22)24/h7,9-10,14H,1-2,4-6,11-13,15H2,(H,21,24). The molecule has 1 fully saturated rings. The lowest BCUT2D eigenvalue weighted by atomic mass is 10.2. The fourth-order valence-corrected chi connectivity index (χ4v) is 2.85. The van der Waals surface area contributed by atoms with E-state index in [-0.39, 0.29) is 18.5 Å². The number of rotatable bonds is 9. The molecule has 0 spiro atoms. The van der Waals surface area contributed by atoms with E-state index in [0.717, 1.165) is 28.8 Å². The number of carbonyl (C=O) groups is 2. The number of ether oxygens (including phenoxy) is 1. The van der Waals surface area contributed by atoms with Gasteiger partial charge in [0.15, 0.2) is 0 Å². The molecule has 5 nitrogen and oxygen atoms in total. The average molecular weight is 407 g/mol. The average Bonchev–Trinajstić information content (AvgIpc) is 2.95. The van der Waals surface area contributed by atoms with Crippen molar-refractivity contribution in [2.75, 3.05) is 30.0 Å². The predicted molar refractivity (Wildman–Crippen MR) is 102 cm³/mol. The Morgan fingerprint density at radius 1 is 1.16 bits per heavy atom. The molecule has 1 N–H and O–H groups in total. The Labute approximate surface area is 157 Å². The molecule has 3 amide bonds. The van der Waals surface area contributed by atoms with Crippen molar-refractivity contribution in [3.63, 3.8) is 0 Å². The Morgan fingerprint density at radius 2 is 2.00 bits per heavy atom. The third-order valence-electron chi connectivity index (χ3n) is 3.72. The molecule has 0 aromatic heterocycles. The molecule has 134 valence electrons. The van der Waals surface area contributed by atoms with Crippen LogP contribution >= 0.6 is 15.9 Å². The van der Waals surface area contributed by atoms with E-state index in [0.29, 0.717) is 18.7 Å². The minimum atomic E-state index is -0.389. The zero-order valence-electron chi connectivity index (χ0n) is 14.2. The summed E-state index contributed by atoms with van der Waals surface area (Å²) in [5, 5.41) is 3.58. The molecule has 1 saturated heterocycles. The number of urea groups is 1. The number of hydrogen-bond donors (Lipinski definition) is 1. The minimum absolute atomic E-state index is 0.0438. The smallest absolute Gasteiger partial charge is 0.329 e. The first-order chi connectivity index (χ1) is 12.2. The summed E-state index contributed by atoms with van der Waals surface area (Å²) in [5.41, 5.74) is 1.33. The van der Waals surface area contributed by atoms with Crippen molar-refractivity contribution in [2.45, 2.75) is 32.1 Å². The quantitative estimate of drug-likeness (QED) is 0.295. The lowest BCUT2D eigenvalue weighted by Crippen LogP contribution is -2.30. The molecule has 0 atom stereocenters. The Kier molecular flexibility index (Phi) is 8.50. The summed E-state index contributed by atoms with van der Waals surface area (Å²) < 4.78 is 5.56. The fourth-order valence-electron chi connectivity index (χ4n) is 2.45. The van der Waals surface area contributed by atoms with Crippen molar-refractivity contribution in [1.82, 2.24) is 5.32 Å². The van der Waals surface area contributed by atoms with Gasteiger partial charge in [0.2, 0.25) is 0 Å². The molecule has 2 rings (SSSR count). The Bertz CT molecular complexity index is 636. The van der Waals surface area contributed by atoms with E-state index >= 15 is 0 Å². The van der Waals surface area contributed by atoms with Crippen LogP contribution in [0.5, 0.6) is 0 Å². The number of halogens is 1. The topological polar surface area (TPSA) is 58.6 Å². The van der Waals surface area contributed by atoms with Gasteiger partial charge in [0, 0.05) is 23.9 Å². The van der Waals surface area contributed by atoms with Crippen LogP contribution in [0.2, 0.25) is 0 Å². The van der Waals surface area contributed by atoms with Crippen LogP contribution in [-0.2, 0) is 9.53 Å². The van der Waals surface area contributed by atoms with E-state index in [1.54, 1.807) is 18.2 Å². The maximum Gasteiger partial charge on any atom is 0.329 e. The van der Waals surface area contributed by atoms with Crippen LogP contribution in [0.1, 0.15) is 37.7 Å². The van der Waals surface area contributed by atoms with Crippen molar-refractivity contribution in [3.8, 4) is 11.8 Å². The molecular formula is C19H23BrN2O3. The second-order valence-corrected chi connectivity index (χ2v) is 6.50. The van der Waals surface area contributed by atoms with Crippen LogP contribution in [0, 0.1) is 11.8 Å². The van der Waals surface area contributed by atoms with Crippen molar-refractivity contribution in [2.24, 2.45) is 0 Å². The van der Waals surface area contributed by atoms with Gasteiger partial charge < -0.3 is 10.1 Å². The maximum atomic E-state index is 11.7. The number of benzene rings is 1. The van der Waals surface area contributed by atoms with E-state index in [1.165, 1.54) is 19.3 Å². The SMILES string of the molecule is O=C1CNC(=O)N1c1cccc(C#CCCOCCCCCCBr)c1. The summed E-state index contributed by atoms with van der Waals surface area (Å²) in [7, 11) is 0. The number of anilines is 1. The maximum absolute atomic E-state index is 11.7. The summed E-state index contributed by atoms with van der Waals surface area (Å²) in [4.78, 5) is 24.5. The van der Waals surface area contributed by atoms with Crippen LogP contribution in [0.3, 0.4) is 0 Å². The lowest BCUT2D eigenvalue weighted by molar-refractivity contribution is -0.115. The normalized spacial score (nSPS) is 13.6. The molecule has 1 aromatic carbocycles. The van der Waals surface area contributed by atoms with Crippen molar-refractivity contribution < 1.29 is 14.3 Å². The van der Waals surface area contributed by atoms with Crippen LogP contribution < -0.4 is 10.2 Å². The monoisotopic (exact) mass is 406 g/mol. The molecule has 1 aliphatic rings. The van der Waals surface area contributed by atoms with Crippen LogP contribution in [0.25, 0.3) is 0 Å². The van der Waals surface area contributed by atoms with E-state index < -0.39 is 0 Å². The minimum Gasteiger partial charge on any atom is -0.380 e. The highest BCUT2D eigenvalue weighted by Gasteiger charge is 2.29. The van der Waals surface area contributed by atoms with Gasteiger partial charge in [-0.25, -0.2) is 9.69 Å². The summed E-state index contributed by atoms with van der Waals surface area (Å²) in [6.07, 6.45) is 5.41. The van der Waals surface area contributed by atoms with Crippen LogP contribution in [-0.4, -0.2) is 37.0 Å². The molecule has 0 unspecified atom stereocenters. The molecule has 0 aliphatic carbocycles. The van der Waals surface area contributed by atoms with Gasteiger partial charge in [-0.05, 0) is 31.0 Å². The van der Waals surface area contributed by atoms with Gasteiger partial charge in [-0.2, -0.15) is 0 Å². The third kappa shape index (κ3) is 6.52. The highest BCUT2D eigenvalue weighted by molar-refractivity contribution is 9.09. The van der Waals surface area contributed by atoms with E-state index in [4.69, 9.17) is 4.74 Å². The Hall–Kier alpha value is -1.84. The molecule has 1 heterocycles. The van der Waals surface area contributed by atoms with Gasteiger partial charge in [0.05, 0.1) is 18.8 Å². The fraction of sp³-hybridized carbons (Fsp3) is 0.474. The number of imide groups is 1. The molecule has 25 heavy (non-hydrogen) atoms. The van der Waals surface area contributed by atoms with E-state index in [9.17, 15) is 9.59 Å². The number of amides is 3. The number of nitrogens with one attached hydrogen (secondary N) is 1. The number of nitrogens with zero attached hydrogens (tertiary/aromatic N) is 1. The molecule has 1 aliphatic heterocycles. The van der Waals surface area contributed by atoms with Crippen LogP contribution in [0.15, 0.2) is 24.3 Å². The third-order valence-corrected chi connectivity index (χ3v) is 4.28. The summed E-state index contributed by atoms with van der Waals surface area (Å²) in [6, 6.07) is 6.74. The highest BCUT2D eigenvalue weighted by Crippen LogP contribution is 2.18. The summed E-state index contributed by atoms with van der Waals surface area (Å²) in [6.45, 7) is 1.45. The number of unbranched alkanes of at least 4 members (excludes halogenated alkanes) is 3. The first-order valence-electron chi connectivity index (χ1n) is 8.56. The second-order valence-electron chi connectivity index (χ2n) is 5.71. The molecule has 0 saturated carbocycles. The van der Waals surface area contributed by atoms with Crippen molar-refractivity contribution in [3.05, 3.63) is 29.8 Å². The molecule has 0 radical (unpaired) electrons. The Morgan fingerprint density at radius 3 is 2.76 bits per heavy atom. The van der Waals surface area contributed by atoms with Crippen molar-refractivity contribution >= 4 is 33.6 Å². The summed E-state index contributed by atoms with van der Waals surface area (Å²) in [5.74, 6) is 5.87. The lowest BCUT2D eigenvalue weighted by Gasteiger charge is -2.12. The van der Waals surface area contributed by atoms with E-state index in [1.807, 2.05) is 6.07 Å². The highest BCUT2D eigenvalue weighted by atomic mass is 79.9. The van der Waals surface area contributed by atoms with Gasteiger partial charge in [0.1, 0.15) is 0 Å². The van der Waals surface area contributed by atoms with Gasteiger partial charge in [-0.1, -0.05) is 46.7 Å². The number of hydrogen-bond acceptors (Lipinski definition) is 3. The van der Waals surface area contributed by atoms with Crippen LogP contribution in [0.4, 0.5) is 10.5 Å². The van der Waals surface area contributed by atoms with Gasteiger partial charge >= 0.3 is 6.03 Å². The van der Waals surface area contributed by atoms with Gasteiger partial charge in [-0.15, -0.1) is 0 Å². The second kappa shape index (κ2) is 10.9. The van der Waals surface area contributed by atoms with Gasteiger partial charge in [-0.3, -0.25) is 4.79 Å². The van der Waals surface area contributed by atoms with Crippen molar-refractivity contribution in [1.29, 1.82) is 0 Å². The Balaban J connectivity index is 1.73. The molecule has 0 bridgehead atoms. The molecule has 6 heteroatoms. The predicted octanol–water partition coefficient (Wildman–Crippen LogP) is 3.46. The number of alkyl halides is 1. The largest absolute Gasteiger partial charge is 0.380 e. The summed E-state index contributed by atoms with van der Waals surface area (Å²) >= 11 is 3.42. The first kappa shape index (κ1) is 19.5. The number of carbonyl (C=O) groups excluding carboxylic acids is 2. The zero-order chi connectivity index (χ0) is 17.9. The first-order valence-corrected chi connectivity index (χ1v) is 9.68. The zero-order valence-corrected chi connectivity index (χ0v) is 15.8. The molecule has 1 aromatic rings.